The number of urea groups is 1. The quantitative estimate of drug-likeness (QED) is 0.771. The van der Waals surface area contributed by atoms with Crippen molar-refractivity contribution in [2.75, 3.05) is 24.7 Å². The van der Waals surface area contributed by atoms with Crippen LogP contribution in [0.4, 0.5) is 4.79 Å². The van der Waals surface area contributed by atoms with Gasteiger partial charge in [0.05, 0.1) is 18.1 Å². The van der Waals surface area contributed by atoms with Gasteiger partial charge in [0, 0.05) is 12.6 Å². The molecule has 7 heteroatoms. The molecule has 1 aromatic rings. The molecule has 2 rings (SSSR count). The minimum absolute atomic E-state index is 0.0386. The Bertz CT molecular complexity index is 598. The molecule has 1 saturated heterocycles. The van der Waals surface area contributed by atoms with Crippen LogP contribution in [0.2, 0.25) is 0 Å². The molecule has 6 nitrogen and oxygen atoms in total. The van der Waals surface area contributed by atoms with Crippen LogP contribution in [0.1, 0.15) is 18.4 Å². The van der Waals surface area contributed by atoms with Gasteiger partial charge in [0.15, 0.2) is 9.84 Å². The zero-order chi connectivity index (χ0) is 16.0. The van der Waals surface area contributed by atoms with Crippen molar-refractivity contribution in [2.45, 2.75) is 25.8 Å². The van der Waals surface area contributed by atoms with E-state index in [2.05, 4.69) is 10.6 Å². The third-order valence-electron chi connectivity index (χ3n) is 3.46. The molecule has 122 valence electrons. The fourth-order valence-corrected chi connectivity index (χ4v) is 3.92. The van der Waals surface area contributed by atoms with E-state index in [0.717, 1.165) is 5.75 Å². The molecule has 2 N–H and O–H groups in total. The maximum Gasteiger partial charge on any atom is 0.315 e. The maximum atomic E-state index is 11.6. The average molecular weight is 326 g/mol. The number of sulfone groups is 1. The molecule has 2 amide bonds. The number of ether oxygens (including phenoxy) is 1. The predicted octanol–water partition coefficient (Wildman–Crippen LogP) is 1.25. The summed E-state index contributed by atoms with van der Waals surface area (Å²) in [6.07, 6.45) is 1.18. The summed E-state index contributed by atoms with van der Waals surface area (Å²) in [5, 5.41) is 5.39. The lowest BCUT2D eigenvalue weighted by molar-refractivity contribution is 0.236. The van der Waals surface area contributed by atoms with Crippen molar-refractivity contribution in [3.8, 4) is 5.75 Å². The van der Waals surface area contributed by atoms with E-state index in [1.165, 1.54) is 5.56 Å². The number of hydrogen-bond acceptors (Lipinski definition) is 4. The Balaban J connectivity index is 1.56. The van der Waals surface area contributed by atoms with Gasteiger partial charge in [-0.05, 0) is 31.9 Å². The van der Waals surface area contributed by atoms with Gasteiger partial charge in [-0.25, -0.2) is 13.2 Å². The molecule has 22 heavy (non-hydrogen) atoms. The number of amides is 2. The Hall–Kier alpha value is -1.76. The van der Waals surface area contributed by atoms with E-state index in [1.807, 2.05) is 31.2 Å². The van der Waals surface area contributed by atoms with Crippen LogP contribution in [-0.2, 0) is 9.84 Å². The molecule has 1 aliphatic rings. The minimum atomic E-state index is -2.97. The Kier molecular flexibility index (Phi) is 5.65. The first-order chi connectivity index (χ1) is 10.4. The number of hydrogen-bond donors (Lipinski definition) is 2. The summed E-state index contributed by atoms with van der Waals surface area (Å²) in [6.45, 7) is 3.01. The summed E-state index contributed by atoms with van der Waals surface area (Å²) in [4.78, 5) is 11.6. The van der Waals surface area contributed by atoms with E-state index in [-0.39, 0.29) is 23.6 Å². The molecule has 0 radical (unpaired) electrons. The van der Waals surface area contributed by atoms with Crippen LogP contribution in [0, 0.1) is 6.92 Å². The number of carbonyl (C=O) groups excluding carboxylic acids is 1. The van der Waals surface area contributed by atoms with Crippen molar-refractivity contribution >= 4 is 15.9 Å². The van der Waals surface area contributed by atoms with Gasteiger partial charge in [0.25, 0.3) is 0 Å². The van der Waals surface area contributed by atoms with Gasteiger partial charge < -0.3 is 15.4 Å². The van der Waals surface area contributed by atoms with Crippen molar-refractivity contribution in [2.24, 2.45) is 0 Å². The third kappa shape index (κ3) is 5.55. The van der Waals surface area contributed by atoms with Gasteiger partial charge >= 0.3 is 6.03 Å². The Labute approximate surface area is 131 Å². The summed E-state index contributed by atoms with van der Waals surface area (Å²) in [7, 11) is -2.97. The van der Waals surface area contributed by atoms with Gasteiger partial charge in [0.2, 0.25) is 0 Å². The third-order valence-corrected chi connectivity index (χ3v) is 5.23. The largest absolute Gasteiger partial charge is 0.494 e. The molecule has 0 aliphatic carbocycles. The van der Waals surface area contributed by atoms with Crippen molar-refractivity contribution in [3.63, 3.8) is 0 Å². The summed E-state index contributed by atoms with van der Waals surface area (Å²) in [5.74, 6) is 1.01. The fraction of sp³-hybridized carbons (Fsp3) is 0.533. The van der Waals surface area contributed by atoms with Gasteiger partial charge in [-0.15, -0.1) is 0 Å². The molecule has 1 aliphatic heterocycles. The van der Waals surface area contributed by atoms with Crippen LogP contribution in [-0.4, -0.2) is 45.1 Å². The lowest BCUT2D eigenvalue weighted by atomic mass is 10.2. The first-order valence-corrected chi connectivity index (χ1v) is 9.21. The normalized spacial score (nSPS) is 19.6. The standard InChI is InChI=1S/C15H22N2O4S/c1-12-3-5-14(6-4-12)21-9-2-8-16-15(18)17-13-7-10-22(19,20)11-13/h3-6,13H,2,7-11H2,1H3,(H2,16,17,18). The van der Waals surface area contributed by atoms with Crippen molar-refractivity contribution in [1.29, 1.82) is 0 Å². The summed E-state index contributed by atoms with van der Waals surface area (Å²) < 4.78 is 28.1. The Morgan fingerprint density at radius 1 is 1.32 bits per heavy atom. The van der Waals surface area contributed by atoms with Crippen LogP contribution in [0.3, 0.4) is 0 Å². The second-order valence-corrected chi connectivity index (χ2v) is 7.74. The summed E-state index contributed by atoms with van der Waals surface area (Å²) in [6, 6.07) is 7.20. The van der Waals surface area contributed by atoms with Gasteiger partial charge in [0.1, 0.15) is 5.75 Å². The molecule has 1 aromatic carbocycles. The van der Waals surface area contributed by atoms with E-state index in [1.54, 1.807) is 0 Å². The smallest absolute Gasteiger partial charge is 0.315 e. The van der Waals surface area contributed by atoms with Crippen molar-refractivity contribution in [3.05, 3.63) is 29.8 Å². The van der Waals surface area contributed by atoms with Crippen LogP contribution < -0.4 is 15.4 Å². The molecule has 1 heterocycles. The highest BCUT2D eigenvalue weighted by Gasteiger charge is 2.28. The van der Waals surface area contributed by atoms with Crippen LogP contribution in [0.15, 0.2) is 24.3 Å². The molecular formula is C15H22N2O4S. The lowest BCUT2D eigenvalue weighted by Gasteiger charge is -2.12. The molecule has 0 spiro atoms. The molecule has 1 fully saturated rings. The summed E-state index contributed by atoms with van der Waals surface area (Å²) in [5.41, 5.74) is 1.18. The lowest BCUT2D eigenvalue weighted by Crippen LogP contribution is -2.43. The van der Waals surface area contributed by atoms with E-state index < -0.39 is 9.84 Å². The van der Waals surface area contributed by atoms with E-state index >= 15 is 0 Å². The first kappa shape index (κ1) is 16.6. The molecular weight excluding hydrogens is 304 g/mol. The monoisotopic (exact) mass is 326 g/mol. The van der Waals surface area contributed by atoms with E-state index in [4.69, 9.17) is 4.74 Å². The maximum absolute atomic E-state index is 11.6. The van der Waals surface area contributed by atoms with Gasteiger partial charge in [-0.2, -0.15) is 0 Å². The average Bonchev–Trinajstić information content (AvgIpc) is 2.79. The van der Waals surface area contributed by atoms with Crippen LogP contribution in [0.25, 0.3) is 0 Å². The zero-order valence-corrected chi connectivity index (χ0v) is 13.5. The highest BCUT2D eigenvalue weighted by atomic mass is 32.2. The van der Waals surface area contributed by atoms with Crippen LogP contribution in [0.5, 0.6) is 5.75 Å². The second kappa shape index (κ2) is 7.49. The predicted molar refractivity (Wildman–Crippen MR) is 84.9 cm³/mol. The number of aryl methyl sites for hydroxylation is 1. The van der Waals surface area contributed by atoms with E-state index in [0.29, 0.717) is 26.0 Å². The first-order valence-electron chi connectivity index (χ1n) is 7.39. The highest BCUT2D eigenvalue weighted by molar-refractivity contribution is 7.91. The number of benzene rings is 1. The molecule has 0 saturated carbocycles. The highest BCUT2D eigenvalue weighted by Crippen LogP contribution is 2.12. The Morgan fingerprint density at radius 2 is 2.05 bits per heavy atom. The molecule has 0 aromatic heterocycles. The van der Waals surface area contributed by atoms with Gasteiger partial charge in [-0.3, -0.25) is 0 Å². The minimum Gasteiger partial charge on any atom is -0.494 e. The summed E-state index contributed by atoms with van der Waals surface area (Å²) >= 11 is 0. The Morgan fingerprint density at radius 3 is 2.68 bits per heavy atom. The molecule has 1 atom stereocenters. The van der Waals surface area contributed by atoms with Crippen LogP contribution >= 0.6 is 0 Å². The zero-order valence-electron chi connectivity index (χ0n) is 12.7. The SMILES string of the molecule is Cc1ccc(OCCCNC(=O)NC2CCS(=O)(=O)C2)cc1. The van der Waals surface area contributed by atoms with Crippen molar-refractivity contribution < 1.29 is 17.9 Å². The van der Waals surface area contributed by atoms with Crippen molar-refractivity contribution in [1.82, 2.24) is 10.6 Å². The fourth-order valence-electron chi connectivity index (χ4n) is 2.24. The topological polar surface area (TPSA) is 84.5 Å². The number of nitrogens with one attached hydrogen (secondary N) is 2. The number of carbonyl (C=O) groups is 1. The second-order valence-electron chi connectivity index (χ2n) is 5.52. The molecule has 1 unspecified atom stereocenters. The molecule has 0 bridgehead atoms. The van der Waals surface area contributed by atoms with E-state index in [9.17, 15) is 13.2 Å². The number of rotatable bonds is 6. The van der Waals surface area contributed by atoms with Gasteiger partial charge in [-0.1, -0.05) is 17.7 Å².